The molecule has 1 aromatic heterocycles. The lowest BCUT2D eigenvalue weighted by atomic mass is 10.3. The van der Waals surface area contributed by atoms with E-state index in [2.05, 4.69) is 4.98 Å². The molecule has 2 rings (SSSR count). The number of benzene rings is 1. The Morgan fingerprint density at radius 1 is 1.21 bits per heavy atom. The second-order valence-corrected chi connectivity index (χ2v) is 6.15. The van der Waals surface area contributed by atoms with Crippen molar-refractivity contribution < 1.29 is 8.42 Å². The van der Waals surface area contributed by atoms with Gasteiger partial charge in [-0.25, -0.2) is 8.42 Å². The zero-order valence-electron chi connectivity index (χ0n) is 10.1. The van der Waals surface area contributed by atoms with E-state index in [0.717, 1.165) is 4.31 Å². The van der Waals surface area contributed by atoms with Gasteiger partial charge in [-0.05, 0) is 24.3 Å². The van der Waals surface area contributed by atoms with Gasteiger partial charge in [0.1, 0.15) is 4.90 Å². The van der Waals surface area contributed by atoms with E-state index in [1.54, 1.807) is 18.2 Å². The summed E-state index contributed by atoms with van der Waals surface area (Å²) < 4.78 is 26.1. The van der Waals surface area contributed by atoms with E-state index in [4.69, 9.17) is 17.3 Å². The molecule has 0 fully saturated rings. The number of hydrogen-bond donors (Lipinski definition) is 1. The first-order valence-corrected chi connectivity index (χ1v) is 7.19. The van der Waals surface area contributed by atoms with E-state index in [-0.39, 0.29) is 15.6 Å². The molecule has 0 atom stereocenters. The Labute approximate surface area is 116 Å². The Morgan fingerprint density at radius 3 is 2.42 bits per heavy atom. The molecular formula is C12H12ClN3O2S. The van der Waals surface area contributed by atoms with Crippen LogP contribution in [0.15, 0.2) is 47.6 Å². The summed E-state index contributed by atoms with van der Waals surface area (Å²) in [5.74, 6) is 0. The van der Waals surface area contributed by atoms with Gasteiger partial charge in [-0.1, -0.05) is 17.7 Å². The van der Waals surface area contributed by atoms with Crippen molar-refractivity contribution in [3.05, 3.63) is 47.7 Å². The van der Waals surface area contributed by atoms with Crippen LogP contribution in [0.2, 0.25) is 5.02 Å². The zero-order chi connectivity index (χ0) is 14.0. The van der Waals surface area contributed by atoms with E-state index < -0.39 is 10.0 Å². The lowest BCUT2D eigenvalue weighted by molar-refractivity contribution is 0.595. The van der Waals surface area contributed by atoms with Crippen molar-refractivity contribution >= 4 is 33.0 Å². The van der Waals surface area contributed by atoms with Crippen LogP contribution in [-0.2, 0) is 10.0 Å². The molecule has 0 aliphatic heterocycles. The molecule has 2 aromatic rings. The lowest BCUT2D eigenvalue weighted by Gasteiger charge is -2.20. The van der Waals surface area contributed by atoms with Crippen molar-refractivity contribution in [3.8, 4) is 0 Å². The molecule has 1 aromatic carbocycles. The fourth-order valence-electron chi connectivity index (χ4n) is 1.63. The molecule has 0 bridgehead atoms. The van der Waals surface area contributed by atoms with Crippen molar-refractivity contribution in [3.63, 3.8) is 0 Å². The molecule has 0 unspecified atom stereocenters. The number of nitrogens with zero attached hydrogens (tertiary/aromatic N) is 2. The number of hydrogen-bond acceptors (Lipinski definition) is 4. The fourth-order valence-corrected chi connectivity index (χ4v) is 3.46. The first-order valence-electron chi connectivity index (χ1n) is 5.37. The van der Waals surface area contributed by atoms with Crippen LogP contribution in [0.25, 0.3) is 0 Å². The van der Waals surface area contributed by atoms with Gasteiger partial charge in [0.2, 0.25) is 0 Å². The predicted molar refractivity (Wildman–Crippen MR) is 75.7 cm³/mol. The van der Waals surface area contributed by atoms with Crippen LogP contribution in [0, 0.1) is 0 Å². The number of halogens is 1. The number of nitrogen functional groups attached to an aromatic ring is 1. The maximum absolute atomic E-state index is 12.5. The highest BCUT2D eigenvalue weighted by Crippen LogP contribution is 2.31. The Hall–Kier alpha value is -1.79. The minimum Gasteiger partial charge on any atom is -0.398 e. The van der Waals surface area contributed by atoms with Crippen LogP contribution in [0.1, 0.15) is 0 Å². The van der Waals surface area contributed by atoms with Gasteiger partial charge in [-0.15, -0.1) is 0 Å². The summed E-state index contributed by atoms with van der Waals surface area (Å²) in [4.78, 5) is 3.76. The second kappa shape index (κ2) is 5.07. The Bertz CT molecular complexity index is 669. The third kappa shape index (κ3) is 2.50. The summed E-state index contributed by atoms with van der Waals surface area (Å²) in [6.45, 7) is 0. The van der Waals surface area contributed by atoms with E-state index in [0.29, 0.717) is 5.69 Å². The highest BCUT2D eigenvalue weighted by Gasteiger charge is 2.26. The van der Waals surface area contributed by atoms with Crippen LogP contribution in [-0.4, -0.2) is 20.4 Å². The number of sulfonamides is 1. The van der Waals surface area contributed by atoms with Gasteiger partial charge in [0, 0.05) is 19.4 Å². The highest BCUT2D eigenvalue weighted by atomic mass is 35.5. The molecule has 0 spiro atoms. The first-order chi connectivity index (χ1) is 8.94. The molecule has 5 nitrogen and oxygen atoms in total. The number of anilines is 2. The Morgan fingerprint density at radius 2 is 1.84 bits per heavy atom. The number of pyridine rings is 1. The maximum Gasteiger partial charge on any atom is 0.267 e. The minimum absolute atomic E-state index is 0.0871. The lowest BCUT2D eigenvalue weighted by Crippen LogP contribution is -2.27. The second-order valence-electron chi connectivity index (χ2n) is 3.84. The van der Waals surface area contributed by atoms with Gasteiger partial charge in [0.25, 0.3) is 10.0 Å². The van der Waals surface area contributed by atoms with Gasteiger partial charge in [-0.2, -0.15) is 0 Å². The third-order valence-electron chi connectivity index (χ3n) is 2.64. The Balaban J connectivity index is 2.55. The van der Waals surface area contributed by atoms with Gasteiger partial charge in [-0.3, -0.25) is 9.29 Å². The van der Waals surface area contributed by atoms with Crippen LogP contribution in [0.4, 0.5) is 11.4 Å². The average Bonchev–Trinajstić information content (AvgIpc) is 2.38. The number of rotatable bonds is 3. The van der Waals surface area contributed by atoms with Crippen molar-refractivity contribution in [1.29, 1.82) is 0 Å². The highest BCUT2D eigenvalue weighted by molar-refractivity contribution is 7.93. The molecule has 19 heavy (non-hydrogen) atoms. The molecule has 0 saturated carbocycles. The van der Waals surface area contributed by atoms with Crippen LogP contribution < -0.4 is 10.0 Å². The quantitative estimate of drug-likeness (QED) is 0.881. The Kier molecular flexibility index (Phi) is 3.64. The van der Waals surface area contributed by atoms with E-state index in [1.165, 1.54) is 31.6 Å². The smallest absolute Gasteiger partial charge is 0.267 e. The summed E-state index contributed by atoms with van der Waals surface area (Å²) in [5, 5.41) is 0.0981. The molecule has 7 heteroatoms. The van der Waals surface area contributed by atoms with E-state index >= 15 is 0 Å². The normalized spacial score (nSPS) is 11.3. The molecule has 2 N–H and O–H groups in total. The molecule has 0 saturated heterocycles. The SMILES string of the molecule is CN(c1ccncc1)S(=O)(=O)c1c(N)cccc1Cl. The van der Waals surface area contributed by atoms with Crippen molar-refractivity contribution in [2.45, 2.75) is 4.90 Å². The molecule has 100 valence electrons. The maximum atomic E-state index is 12.5. The molecule has 0 aliphatic rings. The van der Waals surface area contributed by atoms with Gasteiger partial charge >= 0.3 is 0 Å². The molecule has 1 heterocycles. The van der Waals surface area contributed by atoms with Crippen molar-refractivity contribution in [2.24, 2.45) is 0 Å². The standard InChI is InChI=1S/C12H12ClN3O2S/c1-16(9-5-7-15-8-6-9)19(17,18)12-10(13)3-2-4-11(12)14/h2-8H,14H2,1H3. The minimum atomic E-state index is -3.80. The summed E-state index contributed by atoms with van der Waals surface area (Å²) >= 11 is 5.95. The summed E-state index contributed by atoms with van der Waals surface area (Å²) in [7, 11) is -2.37. The average molecular weight is 298 g/mol. The van der Waals surface area contributed by atoms with Crippen LogP contribution >= 0.6 is 11.6 Å². The third-order valence-corrected chi connectivity index (χ3v) is 4.97. The van der Waals surface area contributed by atoms with Crippen molar-refractivity contribution in [1.82, 2.24) is 4.98 Å². The van der Waals surface area contributed by atoms with Crippen molar-refractivity contribution in [2.75, 3.05) is 17.1 Å². The summed E-state index contributed by atoms with van der Waals surface area (Å²) in [6, 6.07) is 7.77. The van der Waals surface area contributed by atoms with Crippen LogP contribution in [0.3, 0.4) is 0 Å². The summed E-state index contributed by atoms with van der Waals surface area (Å²) in [5.41, 5.74) is 6.32. The van der Waals surface area contributed by atoms with E-state index in [9.17, 15) is 8.42 Å². The van der Waals surface area contributed by atoms with Gasteiger partial charge < -0.3 is 5.73 Å². The van der Waals surface area contributed by atoms with Crippen LogP contribution in [0.5, 0.6) is 0 Å². The number of aromatic nitrogens is 1. The fraction of sp³-hybridized carbons (Fsp3) is 0.0833. The van der Waals surface area contributed by atoms with Gasteiger partial charge in [0.15, 0.2) is 0 Å². The van der Waals surface area contributed by atoms with E-state index in [1.807, 2.05) is 0 Å². The topological polar surface area (TPSA) is 76.3 Å². The molecular weight excluding hydrogens is 286 g/mol. The molecule has 0 radical (unpaired) electrons. The summed E-state index contributed by atoms with van der Waals surface area (Å²) in [6.07, 6.45) is 3.02. The van der Waals surface area contributed by atoms with Gasteiger partial charge in [0.05, 0.1) is 16.4 Å². The predicted octanol–water partition coefficient (Wildman–Crippen LogP) is 2.14. The number of nitrogens with two attached hydrogens (primary N) is 1. The zero-order valence-corrected chi connectivity index (χ0v) is 11.7. The first kappa shape index (κ1) is 13.6. The molecule has 0 amide bonds. The largest absolute Gasteiger partial charge is 0.398 e. The molecule has 0 aliphatic carbocycles. The monoisotopic (exact) mass is 297 g/mol.